The lowest BCUT2D eigenvalue weighted by molar-refractivity contribution is 0.0869. The lowest BCUT2D eigenvalue weighted by Gasteiger charge is -2.23. The number of amides is 1. The fourth-order valence-corrected chi connectivity index (χ4v) is 1.11. The van der Waals surface area contributed by atoms with Crippen LogP contribution >= 0.6 is 0 Å². The molecule has 4 nitrogen and oxygen atoms in total. The summed E-state index contributed by atoms with van der Waals surface area (Å²) in [6.07, 6.45) is 1.59. The lowest BCUT2D eigenvalue weighted by atomic mass is 10.1. The Bertz CT molecular complexity index is 362. The molecular weight excluding hydrogens is 216 g/mol. The minimum atomic E-state index is -0.603. The molecule has 0 fully saturated rings. The Hall–Kier alpha value is -1.42. The molecule has 0 saturated heterocycles. The molecule has 96 valence electrons. The summed E-state index contributed by atoms with van der Waals surface area (Å²) in [6.45, 7) is 9.26. The molecule has 1 amide bonds. The van der Waals surface area contributed by atoms with E-state index in [1.54, 1.807) is 32.2 Å². The molecule has 0 unspecified atom stereocenters. The number of aliphatic hydroxyl groups excluding tert-OH is 1. The summed E-state index contributed by atoms with van der Waals surface area (Å²) in [7, 11) is 0. The normalized spacial score (nSPS) is 10.2. The van der Waals surface area contributed by atoms with Crippen LogP contribution in [0.25, 0.3) is 0 Å². The van der Waals surface area contributed by atoms with Crippen molar-refractivity contribution in [2.24, 2.45) is 0 Å². The largest absolute Gasteiger partial charge is 0.394 e. The molecule has 2 N–H and O–H groups in total. The van der Waals surface area contributed by atoms with Crippen molar-refractivity contribution in [1.29, 1.82) is 0 Å². The molecule has 1 aromatic rings. The van der Waals surface area contributed by atoms with Crippen LogP contribution in [0.1, 0.15) is 43.7 Å². The number of rotatable bonds is 3. The highest BCUT2D eigenvalue weighted by molar-refractivity contribution is 5.94. The van der Waals surface area contributed by atoms with Crippen LogP contribution in [0, 0.1) is 6.92 Å². The topological polar surface area (TPSA) is 62.2 Å². The number of aromatic nitrogens is 1. The highest BCUT2D eigenvalue weighted by Gasteiger charge is 2.19. The molecule has 1 aromatic heterocycles. The SMILES string of the molecule is CC.Cc1cc(C(=O)NC(C)(C)CO)ccn1. The van der Waals surface area contributed by atoms with Crippen molar-refractivity contribution in [3.8, 4) is 0 Å². The summed E-state index contributed by atoms with van der Waals surface area (Å²) in [4.78, 5) is 15.7. The van der Waals surface area contributed by atoms with E-state index >= 15 is 0 Å². The van der Waals surface area contributed by atoms with Gasteiger partial charge >= 0.3 is 0 Å². The van der Waals surface area contributed by atoms with Crippen LogP contribution in [0.4, 0.5) is 0 Å². The van der Waals surface area contributed by atoms with Crippen molar-refractivity contribution in [3.63, 3.8) is 0 Å². The van der Waals surface area contributed by atoms with Crippen LogP contribution in [0.2, 0.25) is 0 Å². The fourth-order valence-electron chi connectivity index (χ4n) is 1.11. The number of carbonyl (C=O) groups is 1. The molecule has 17 heavy (non-hydrogen) atoms. The predicted molar refractivity (Wildman–Crippen MR) is 69.0 cm³/mol. The Kier molecular flexibility index (Phi) is 6.43. The predicted octanol–water partition coefficient (Wildman–Crippen LogP) is 1.92. The van der Waals surface area contributed by atoms with Gasteiger partial charge in [-0.25, -0.2) is 0 Å². The van der Waals surface area contributed by atoms with Gasteiger partial charge in [0.15, 0.2) is 0 Å². The Morgan fingerprint density at radius 2 is 2.06 bits per heavy atom. The van der Waals surface area contributed by atoms with Crippen LogP contribution in [0.3, 0.4) is 0 Å². The lowest BCUT2D eigenvalue weighted by Crippen LogP contribution is -2.46. The first kappa shape index (κ1) is 15.6. The van der Waals surface area contributed by atoms with Gasteiger partial charge in [-0.1, -0.05) is 13.8 Å². The summed E-state index contributed by atoms with van der Waals surface area (Å²) in [5, 5.41) is 11.8. The number of hydrogen-bond donors (Lipinski definition) is 2. The number of hydrogen-bond acceptors (Lipinski definition) is 3. The van der Waals surface area contributed by atoms with Gasteiger partial charge in [0.25, 0.3) is 5.91 Å². The number of nitrogens with zero attached hydrogens (tertiary/aromatic N) is 1. The van der Waals surface area contributed by atoms with Gasteiger partial charge in [0.1, 0.15) is 0 Å². The average Bonchev–Trinajstić information content (AvgIpc) is 2.31. The second kappa shape index (κ2) is 7.01. The minimum Gasteiger partial charge on any atom is -0.394 e. The maximum absolute atomic E-state index is 11.7. The Balaban J connectivity index is 0.00000121. The molecule has 1 heterocycles. The van der Waals surface area contributed by atoms with E-state index in [9.17, 15) is 4.79 Å². The Morgan fingerprint density at radius 3 is 2.53 bits per heavy atom. The highest BCUT2D eigenvalue weighted by Crippen LogP contribution is 2.05. The van der Waals surface area contributed by atoms with Crippen LogP contribution < -0.4 is 5.32 Å². The van der Waals surface area contributed by atoms with E-state index in [2.05, 4.69) is 10.3 Å². The molecule has 0 aliphatic heterocycles. The van der Waals surface area contributed by atoms with E-state index in [-0.39, 0.29) is 12.5 Å². The number of nitrogens with one attached hydrogen (secondary N) is 1. The van der Waals surface area contributed by atoms with Crippen molar-refractivity contribution in [2.75, 3.05) is 6.61 Å². The van der Waals surface area contributed by atoms with Gasteiger partial charge in [-0.3, -0.25) is 9.78 Å². The molecule has 0 spiro atoms. The molecule has 0 saturated carbocycles. The molecule has 1 rings (SSSR count). The molecule has 0 atom stereocenters. The Labute approximate surface area is 103 Å². The van der Waals surface area contributed by atoms with E-state index in [0.29, 0.717) is 5.56 Å². The first-order valence-corrected chi connectivity index (χ1v) is 5.81. The zero-order chi connectivity index (χ0) is 13.5. The summed E-state index contributed by atoms with van der Waals surface area (Å²) >= 11 is 0. The van der Waals surface area contributed by atoms with Gasteiger partial charge in [-0.2, -0.15) is 0 Å². The van der Waals surface area contributed by atoms with Gasteiger partial charge in [-0.05, 0) is 32.9 Å². The fraction of sp³-hybridized carbons (Fsp3) is 0.538. The van der Waals surface area contributed by atoms with Crippen molar-refractivity contribution < 1.29 is 9.90 Å². The third-order valence-electron chi connectivity index (χ3n) is 2.01. The van der Waals surface area contributed by atoms with Gasteiger partial charge in [0, 0.05) is 17.5 Å². The zero-order valence-corrected chi connectivity index (χ0v) is 11.2. The molecule has 4 heteroatoms. The maximum Gasteiger partial charge on any atom is 0.251 e. The third-order valence-corrected chi connectivity index (χ3v) is 2.01. The van der Waals surface area contributed by atoms with E-state index in [1.807, 2.05) is 20.8 Å². The quantitative estimate of drug-likeness (QED) is 0.845. The number of pyridine rings is 1. The molecule has 0 aliphatic rings. The minimum absolute atomic E-state index is 0.0944. The number of carbonyl (C=O) groups excluding carboxylic acids is 1. The summed E-state index contributed by atoms with van der Waals surface area (Å²) in [5.74, 6) is -0.195. The smallest absolute Gasteiger partial charge is 0.251 e. The third kappa shape index (κ3) is 5.45. The van der Waals surface area contributed by atoms with Crippen LogP contribution in [-0.2, 0) is 0 Å². The molecule has 0 radical (unpaired) electrons. The highest BCUT2D eigenvalue weighted by atomic mass is 16.3. The molecule has 0 aliphatic carbocycles. The van der Waals surface area contributed by atoms with Gasteiger partial charge in [-0.15, -0.1) is 0 Å². The maximum atomic E-state index is 11.7. The van der Waals surface area contributed by atoms with Crippen molar-refractivity contribution in [2.45, 2.75) is 40.2 Å². The first-order valence-electron chi connectivity index (χ1n) is 5.81. The van der Waals surface area contributed by atoms with E-state index in [0.717, 1.165) is 5.69 Å². The second-order valence-corrected chi connectivity index (χ2v) is 4.18. The molecule has 0 bridgehead atoms. The van der Waals surface area contributed by atoms with E-state index < -0.39 is 5.54 Å². The van der Waals surface area contributed by atoms with Crippen LogP contribution in [0.15, 0.2) is 18.3 Å². The molecular formula is C13H22N2O2. The van der Waals surface area contributed by atoms with Crippen molar-refractivity contribution in [3.05, 3.63) is 29.6 Å². The first-order chi connectivity index (χ1) is 7.94. The summed E-state index contributed by atoms with van der Waals surface area (Å²) in [6, 6.07) is 3.36. The monoisotopic (exact) mass is 238 g/mol. The van der Waals surface area contributed by atoms with Gasteiger partial charge < -0.3 is 10.4 Å². The van der Waals surface area contributed by atoms with Crippen LogP contribution in [0.5, 0.6) is 0 Å². The summed E-state index contributed by atoms with van der Waals surface area (Å²) in [5.41, 5.74) is 0.752. The number of aliphatic hydroxyl groups is 1. The second-order valence-electron chi connectivity index (χ2n) is 4.18. The Morgan fingerprint density at radius 1 is 1.47 bits per heavy atom. The zero-order valence-electron chi connectivity index (χ0n) is 11.2. The van der Waals surface area contributed by atoms with Crippen LogP contribution in [-0.4, -0.2) is 28.1 Å². The number of aryl methyl sites for hydroxylation is 1. The van der Waals surface area contributed by atoms with Crippen molar-refractivity contribution >= 4 is 5.91 Å². The van der Waals surface area contributed by atoms with E-state index in [1.165, 1.54) is 0 Å². The van der Waals surface area contributed by atoms with Gasteiger partial charge in [0.05, 0.1) is 12.1 Å². The standard InChI is InChI=1S/C11H16N2O2.C2H6/c1-8-6-9(4-5-12-8)10(15)13-11(2,3)7-14;1-2/h4-6,14H,7H2,1-3H3,(H,13,15);1-2H3. The summed E-state index contributed by atoms with van der Waals surface area (Å²) < 4.78 is 0. The van der Waals surface area contributed by atoms with Gasteiger partial charge in [0.2, 0.25) is 0 Å². The van der Waals surface area contributed by atoms with Crippen molar-refractivity contribution in [1.82, 2.24) is 10.3 Å². The van der Waals surface area contributed by atoms with E-state index in [4.69, 9.17) is 5.11 Å². The average molecular weight is 238 g/mol. The molecule has 0 aromatic carbocycles.